The molecule has 5 nitrogen and oxygen atoms in total. The first-order chi connectivity index (χ1) is 13.3. The number of nitrogens with one attached hydrogen (secondary N) is 2. The molecule has 3 aromatic rings. The van der Waals surface area contributed by atoms with E-state index >= 15 is 0 Å². The van der Waals surface area contributed by atoms with Gasteiger partial charge < -0.3 is 5.32 Å². The van der Waals surface area contributed by atoms with Gasteiger partial charge in [-0.1, -0.05) is 54.1 Å². The molecule has 146 valence electrons. The first kappa shape index (κ1) is 20.3. The molecule has 1 atom stereocenters. The van der Waals surface area contributed by atoms with Crippen LogP contribution in [0.4, 0.5) is 0 Å². The molecule has 0 unspecified atom stereocenters. The second-order valence-electron chi connectivity index (χ2n) is 6.50. The van der Waals surface area contributed by atoms with Crippen molar-refractivity contribution >= 4 is 38.3 Å². The number of rotatable bonds is 7. The molecule has 0 fully saturated rings. The molecule has 2 N–H and O–H groups in total. The minimum absolute atomic E-state index is 0.0171. The van der Waals surface area contributed by atoms with E-state index in [1.165, 1.54) is 0 Å². The van der Waals surface area contributed by atoms with E-state index in [9.17, 15) is 13.2 Å². The molecule has 1 amide bonds. The minimum Gasteiger partial charge on any atom is -0.350 e. The van der Waals surface area contributed by atoms with Gasteiger partial charge in [0.1, 0.15) is 0 Å². The van der Waals surface area contributed by atoms with Crippen molar-refractivity contribution in [3.05, 3.63) is 77.3 Å². The summed E-state index contributed by atoms with van der Waals surface area (Å²) in [5.74, 6) is -0.242. The smallest absolute Gasteiger partial charge is 0.240 e. The molecular formula is C21H21ClN2O3S. The molecule has 0 aliphatic heterocycles. The third-order valence-electron chi connectivity index (χ3n) is 4.40. The van der Waals surface area contributed by atoms with Crippen molar-refractivity contribution in [2.45, 2.75) is 24.3 Å². The fourth-order valence-corrected chi connectivity index (χ4v) is 4.16. The van der Waals surface area contributed by atoms with E-state index in [1.54, 1.807) is 30.3 Å². The Kier molecular flexibility index (Phi) is 6.34. The number of fused-ring (bicyclic) bond motifs is 1. The Bertz CT molecular complexity index is 1100. The van der Waals surface area contributed by atoms with Gasteiger partial charge in [0.15, 0.2) is 0 Å². The highest BCUT2D eigenvalue weighted by Gasteiger charge is 2.15. The first-order valence-electron chi connectivity index (χ1n) is 8.88. The molecule has 0 bridgehead atoms. The average molecular weight is 417 g/mol. The topological polar surface area (TPSA) is 75.3 Å². The molecular weight excluding hydrogens is 396 g/mol. The molecule has 0 heterocycles. The highest BCUT2D eigenvalue weighted by atomic mass is 35.5. The summed E-state index contributed by atoms with van der Waals surface area (Å²) in [6, 6.07) is 19.5. The zero-order valence-corrected chi connectivity index (χ0v) is 16.9. The average Bonchev–Trinajstić information content (AvgIpc) is 2.67. The predicted molar refractivity (Wildman–Crippen MR) is 112 cm³/mol. The van der Waals surface area contributed by atoms with E-state index in [4.69, 9.17) is 11.6 Å². The SMILES string of the molecule is C[C@H](NC(=O)CCNS(=O)(=O)c1ccc2ccccc2c1)c1cccc(Cl)c1. The zero-order chi connectivity index (χ0) is 20.1. The molecule has 3 rings (SSSR count). The van der Waals surface area contributed by atoms with Crippen LogP contribution in [0.25, 0.3) is 10.8 Å². The second-order valence-corrected chi connectivity index (χ2v) is 8.70. The maximum Gasteiger partial charge on any atom is 0.240 e. The maximum absolute atomic E-state index is 12.5. The number of carbonyl (C=O) groups excluding carboxylic acids is 1. The van der Waals surface area contributed by atoms with Crippen LogP contribution in [0.2, 0.25) is 5.02 Å². The number of hydrogen-bond acceptors (Lipinski definition) is 3. The van der Waals surface area contributed by atoms with Gasteiger partial charge in [0.05, 0.1) is 10.9 Å². The second kappa shape index (κ2) is 8.73. The molecule has 0 saturated heterocycles. The van der Waals surface area contributed by atoms with Gasteiger partial charge >= 0.3 is 0 Å². The Balaban J connectivity index is 1.56. The summed E-state index contributed by atoms with van der Waals surface area (Å²) in [5.41, 5.74) is 0.887. The summed E-state index contributed by atoms with van der Waals surface area (Å²) < 4.78 is 27.4. The van der Waals surface area contributed by atoms with Crippen molar-refractivity contribution in [1.82, 2.24) is 10.0 Å². The van der Waals surface area contributed by atoms with Crippen LogP contribution in [-0.2, 0) is 14.8 Å². The lowest BCUT2D eigenvalue weighted by molar-refractivity contribution is -0.121. The lowest BCUT2D eigenvalue weighted by Crippen LogP contribution is -2.32. The van der Waals surface area contributed by atoms with Crippen LogP contribution in [0, 0.1) is 0 Å². The van der Waals surface area contributed by atoms with E-state index in [1.807, 2.05) is 43.3 Å². The lowest BCUT2D eigenvalue weighted by atomic mass is 10.1. The van der Waals surface area contributed by atoms with E-state index in [2.05, 4.69) is 10.0 Å². The number of sulfonamides is 1. The molecule has 28 heavy (non-hydrogen) atoms. The van der Waals surface area contributed by atoms with Gasteiger partial charge in [-0.15, -0.1) is 0 Å². The summed E-state index contributed by atoms with van der Waals surface area (Å²) in [4.78, 5) is 12.3. The van der Waals surface area contributed by atoms with Gasteiger partial charge in [0.25, 0.3) is 0 Å². The van der Waals surface area contributed by atoms with Gasteiger partial charge in [-0.2, -0.15) is 0 Å². The number of benzene rings is 3. The summed E-state index contributed by atoms with van der Waals surface area (Å²) in [6.07, 6.45) is 0.0394. The highest BCUT2D eigenvalue weighted by molar-refractivity contribution is 7.89. The molecule has 0 radical (unpaired) electrons. The van der Waals surface area contributed by atoms with Gasteiger partial charge in [0, 0.05) is 18.0 Å². The van der Waals surface area contributed by atoms with Gasteiger partial charge in [-0.25, -0.2) is 13.1 Å². The molecule has 0 aliphatic carbocycles. The van der Waals surface area contributed by atoms with Gasteiger partial charge in [-0.3, -0.25) is 4.79 Å². The van der Waals surface area contributed by atoms with Crippen LogP contribution < -0.4 is 10.0 Å². The summed E-state index contributed by atoms with van der Waals surface area (Å²) >= 11 is 5.96. The third kappa shape index (κ3) is 5.10. The molecule has 0 saturated carbocycles. The Hall–Kier alpha value is -2.41. The number of carbonyl (C=O) groups is 1. The third-order valence-corrected chi connectivity index (χ3v) is 6.10. The van der Waals surface area contributed by atoms with E-state index < -0.39 is 10.0 Å². The van der Waals surface area contributed by atoms with Crippen molar-refractivity contribution in [2.24, 2.45) is 0 Å². The quantitative estimate of drug-likeness (QED) is 0.610. The van der Waals surface area contributed by atoms with Crippen molar-refractivity contribution < 1.29 is 13.2 Å². The highest BCUT2D eigenvalue weighted by Crippen LogP contribution is 2.19. The van der Waals surface area contributed by atoms with E-state index in [-0.39, 0.29) is 29.8 Å². The minimum atomic E-state index is -3.68. The standard InChI is InChI=1S/C21H21ClN2O3S/c1-15(17-7-4-8-19(22)13-17)24-21(25)11-12-23-28(26,27)20-10-9-16-5-2-3-6-18(16)14-20/h2-10,13-15,23H,11-12H2,1H3,(H,24,25)/t15-/m0/s1. The number of amides is 1. The monoisotopic (exact) mass is 416 g/mol. The fourth-order valence-electron chi connectivity index (χ4n) is 2.89. The Morgan fingerprint density at radius 1 is 1.00 bits per heavy atom. The Labute approximate surface area is 169 Å². The van der Waals surface area contributed by atoms with Gasteiger partial charge in [-0.05, 0) is 47.5 Å². The largest absolute Gasteiger partial charge is 0.350 e. The van der Waals surface area contributed by atoms with Gasteiger partial charge in [0.2, 0.25) is 15.9 Å². The molecule has 0 aliphatic rings. The maximum atomic E-state index is 12.5. The van der Waals surface area contributed by atoms with Crippen LogP contribution in [0.3, 0.4) is 0 Å². The number of halogens is 1. The van der Waals surface area contributed by atoms with Crippen LogP contribution >= 0.6 is 11.6 Å². The number of hydrogen-bond donors (Lipinski definition) is 2. The van der Waals surface area contributed by atoms with Crippen LogP contribution in [0.1, 0.15) is 24.9 Å². The van der Waals surface area contributed by atoms with Crippen molar-refractivity contribution in [3.63, 3.8) is 0 Å². The van der Waals surface area contributed by atoms with Crippen molar-refractivity contribution in [3.8, 4) is 0 Å². The predicted octanol–water partition coefficient (Wildman–Crippen LogP) is 4.04. The normalized spacial score (nSPS) is 12.6. The first-order valence-corrected chi connectivity index (χ1v) is 10.7. The van der Waals surface area contributed by atoms with Crippen molar-refractivity contribution in [2.75, 3.05) is 6.54 Å². The van der Waals surface area contributed by atoms with Crippen molar-refractivity contribution in [1.29, 1.82) is 0 Å². The molecule has 0 aromatic heterocycles. The van der Waals surface area contributed by atoms with Crippen LogP contribution in [0.15, 0.2) is 71.6 Å². The Morgan fingerprint density at radius 3 is 2.50 bits per heavy atom. The van der Waals surface area contributed by atoms with Crippen LogP contribution in [-0.4, -0.2) is 20.9 Å². The molecule has 0 spiro atoms. The fraction of sp³-hybridized carbons (Fsp3) is 0.190. The molecule has 3 aromatic carbocycles. The Morgan fingerprint density at radius 2 is 1.75 bits per heavy atom. The summed E-state index contributed by atoms with van der Waals surface area (Å²) in [7, 11) is -3.68. The van der Waals surface area contributed by atoms with Crippen LogP contribution in [0.5, 0.6) is 0 Å². The molecule has 7 heteroatoms. The zero-order valence-electron chi connectivity index (χ0n) is 15.4. The summed E-state index contributed by atoms with van der Waals surface area (Å²) in [6.45, 7) is 1.87. The lowest BCUT2D eigenvalue weighted by Gasteiger charge is -2.15. The van der Waals surface area contributed by atoms with E-state index in [0.29, 0.717) is 5.02 Å². The van der Waals surface area contributed by atoms with E-state index in [0.717, 1.165) is 16.3 Å². The summed E-state index contributed by atoms with van der Waals surface area (Å²) in [5, 5.41) is 5.25.